The summed E-state index contributed by atoms with van der Waals surface area (Å²) in [6.07, 6.45) is -0.560. The number of hydrogen-bond acceptors (Lipinski definition) is 7. The number of benzene rings is 1. The Morgan fingerprint density at radius 1 is 1.24 bits per heavy atom. The number of rotatable bonds is 6. The number of aliphatic carboxylic acids is 1. The molecule has 1 unspecified atom stereocenters. The topological polar surface area (TPSA) is 122 Å². The summed E-state index contributed by atoms with van der Waals surface area (Å²) in [5.74, 6) is 5.22. The molecule has 0 aliphatic carbocycles. The first-order valence-corrected chi connectivity index (χ1v) is 12.7. The molecular formula is C22H30N2O7S2. The maximum absolute atomic E-state index is 13.1. The molecule has 9 nitrogen and oxygen atoms in total. The number of sulfonamides is 1. The standard InChI is InChI=1S/C22H30N2O7S2/c1-21(2,3)31-20(27)23-12-6-7-14-30-16-8-10-17(11-9-16)33(28,29)24-13-15-32-22(4,5)18(24)19(25)26/h8-11,18H,12-15H2,1-5H3,(H,23,27)(H,25,26). The molecule has 0 spiro atoms. The van der Waals surface area contributed by atoms with Crippen LogP contribution in [0.3, 0.4) is 0 Å². The van der Waals surface area contributed by atoms with Crippen molar-refractivity contribution in [3.63, 3.8) is 0 Å². The van der Waals surface area contributed by atoms with Crippen LogP contribution in [0, 0.1) is 11.8 Å². The maximum atomic E-state index is 13.1. The fourth-order valence-electron chi connectivity index (χ4n) is 3.14. The Balaban J connectivity index is 1.96. The number of ether oxygens (including phenoxy) is 2. The zero-order chi connectivity index (χ0) is 24.9. The van der Waals surface area contributed by atoms with Gasteiger partial charge in [0.2, 0.25) is 10.0 Å². The van der Waals surface area contributed by atoms with Crippen molar-refractivity contribution in [2.45, 2.75) is 55.9 Å². The predicted octanol–water partition coefficient (Wildman–Crippen LogP) is 2.56. The van der Waals surface area contributed by atoms with Crippen molar-refractivity contribution >= 4 is 33.8 Å². The Bertz CT molecular complexity index is 1020. The van der Waals surface area contributed by atoms with E-state index in [1.807, 2.05) is 0 Å². The first kappa shape index (κ1) is 26.8. The van der Waals surface area contributed by atoms with E-state index < -0.39 is 38.5 Å². The van der Waals surface area contributed by atoms with E-state index in [9.17, 15) is 23.1 Å². The minimum atomic E-state index is -3.99. The van der Waals surface area contributed by atoms with Gasteiger partial charge >= 0.3 is 12.1 Å². The van der Waals surface area contributed by atoms with Gasteiger partial charge in [-0.25, -0.2) is 13.2 Å². The summed E-state index contributed by atoms with van der Waals surface area (Å²) < 4.78 is 37.1. The lowest BCUT2D eigenvalue weighted by Crippen LogP contribution is -2.58. The third-order valence-electron chi connectivity index (χ3n) is 4.55. The van der Waals surface area contributed by atoms with E-state index in [4.69, 9.17) is 9.47 Å². The van der Waals surface area contributed by atoms with Crippen molar-refractivity contribution in [1.82, 2.24) is 9.62 Å². The van der Waals surface area contributed by atoms with Gasteiger partial charge in [0.05, 0.1) is 11.4 Å². The lowest BCUT2D eigenvalue weighted by atomic mass is 10.0. The van der Waals surface area contributed by atoms with Crippen molar-refractivity contribution in [1.29, 1.82) is 0 Å². The van der Waals surface area contributed by atoms with Crippen molar-refractivity contribution in [3.8, 4) is 17.6 Å². The fraction of sp³-hybridized carbons (Fsp3) is 0.545. The summed E-state index contributed by atoms with van der Waals surface area (Å²) in [5, 5.41) is 12.2. The average molecular weight is 499 g/mol. The highest BCUT2D eigenvalue weighted by molar-refractivity contribution is 8.00. The van der Waals surface area contributed by atoms with Crippen LogP contribution in [0.4, 0.5) is 4.79 Å². The second-order valence-corrected chi connectivity index (χ2v) is 12.4. The van der Waals surface area contributed by atoms with Crippen LogP contribution in [0.25, 0.3) is 0 Å². The largest absolute Gasteiger partial charge is 0.481 e. The molecule has 1 atom stereocenters. The number of carbonyl (C=O) groups is 2. The van der Waals surface area contributed by atoms with Crippen molar-refractivity contribution in [2.24, 2.45) is 0 Å². The van der Waals surface area contributed by atoms with Crippen molar-refractivity contribution in [2.75, 3.05) is 25.4 Å². The maximum Gasteiger partial charge on any atom is 0.408 e. The highest BCUT2D eigenvalue weighted by Crippen LogP contribution is 2.38. The van der Waals surface area contributed by atoms with Gasteiger partial charge in [-0.05, 0) is 58.9 Å². The number of carboxylic acids is 1. The Labute approximate surface area is 199 Å². The van der Waals surface area contributed by atoms with Crippen LogP contribution >= 0.6 is 11.8 Å². The van der Waals surface area contributed by atoms with Gasteiger partial charge in [-0.1, -0.05) is 11.8 Å². The summed E-state index contributed by atoms with van der Waals surface area (Å²) in [7, 11) is -3.99. The van der Waals surface area contributed by atoms with E-state index in [0.717, 1.165) is 4.31 Å². The average Bonchev–Trinajstić information content (AvgIpc) is 2.68. The normalized spacial score (nSPS) is 18.5. The molecule has 182 valence electrons. The van der Waals surface area contributed by atoms with E-state index in [-0.39, 0.29) is 24.6 Å². The van der Waals surface area contributed by atoms with Gasteiger partial charge in [-0.3, -0.25) is 4.79 Å². The van der Waals surface area contributed by atoms with Gasteiger partial charge in [0.1, 0.15) is 24.0 Å². The van der Waals surface area contributed by atoms with E-state index in [2.05, 4.69) is 17.2 Å². The molecule has 0 saturated carbocycles. The molecule has 2 N–H and O–H groups in total. The Hall–Kier alpha value is -2.42. The van der Waals surface area contributed by atoms with Crippen LogP contribution in [-0.4, -0.2) is 71.7 Å². The zero-order valence-electron chi connectivity index (χ0n) is 19.4. The Morgan fingerprint density at radius 3 is 2.45 bits per heavy atom. The van der Waals surface area contributed by atoms with E-state index in [1.54, 1.807) is 34.6 Å². The van der Waals surface area contributed by atoms with Crippen molar-refractivity contribution in [3.05, 3.63) is 24.3 Å². The van der Waals surface area contributed by atoms with Gasteiger partial charge in [0, 0.05) is 17.0 Å². The summed E-state index contributed by atoms with van der Waals surface area (Å²) in [4.78, 5) is 23.3. The molecule has 0 aromatic heterocycles. The van der Waals surface area contributed by atoms with Gasteiger partial charge in [-0.2, -0.15) is 16.1 Å². The summed E-state index contributed by atoms with van der Waals surface area (Å²) in [5.41, 5.74) is -0.585. The molecule has 1 aromatic carbocycles. The molecule has 1 aliphatic rings. The molecule has 33 heavy (non-hydrogen) atoms. The third-order valence-corrected chi connectivity index (χ3v) is 7.79. The quantitative estimate of drug-likeness (QED) is 0.574. The first-order chi connectivity index (χ1) is 15.2. The number of carboxylic acid groups (broad SMARTS) is 1. The van der Waals surface area contributed by atoms with Crippen LogP contribution in [-0.2, 0) is 19.6 Å². The SMILES string of the molecule is CC(C)(C)OC(=O)NCC#CCOc1ccc(S(=O)(=O)N2CCSC(C)(C)C2C(=O)O)cc1. The second-order valence-electron chi connectivity index (χ2n) is 8.78. The van der Waals surface area contributed by atoms with E-state index >= 15 is 0 Å². The summed E-state index contributed by atoms with van der Waals surface area (Å²) >= 11 is 1.44. The Morgan fingerprint density at radius 2 is 1.88 bits per heavy atom. The highest BCUT2D eigenvalue weighted by Gasteiger charge is 2.48. The van der Waals surface area contributed by atoms with E-state index in [1.165, 1.54) is 36.0 Å². The summed E-state index contributed by atoms with van der Waals surface area (Å²) in [6, 6.07) is 4.59. The molecule has 1 heterocycles. The van der Waals surface area contributed by atoms with Gasteiger partial charge in [-0.15, -0.1) is 0 Å². The van der Waals surface area contributed by atoms with Gasteiger partial charge in [0.15, 0.2) is 0 Å². The number of nitrogens with zero attached hydrogens (tertiary/aromatic N) is 1. The predicted molar refractivity (Wildman–Crippen MR) is 126 cm³/mol. The van der Waals surface area contributed by atoms with Gasteiger partial charge < -0.3 is 19.9 Å². The lowest BCUT2D eigenvalue weighted by Gasteiger charge is -2.42. The molecule has 1 aromatic rings. The van der Waals surface area contributed by atoms with Crippen LogP contribution in [0.5, 0.6) is 5.75 Å². The minimum Gasteiger partial charge on any atom is -0.481 e. The smallest absolute Gasteiger partial charge is 0.408 e. The van der Waals surface area contributed by atoms with E-state index in [0.29, 0.717) is 11.5 Å². The molecule has 0 radical (unpaired) electrons. The van der Waals surface area contributed by atoms with Crippen LogP contribution in [0.1, 0.15) is 34.6 Å². The van der Waals surface area contributed by atoms with Crippen molar-refractivity contribution < 1.29 is 32.6 Å². The first-order valence-electron chi connectivity index (χ1n) is 10.3. The number of nitrogens with one attached hydrogen (secondary N) is 1. The molecular weight excluding hydrogens is 468 g/mol. The van der Waals surface area contributed by atoms with Gasteiger partial charge in [0.25, 0.3) is 0 Å². The third kappa shape index (κ3) is 7.55. The number of thioether (sulfide) groups is 1. The molecule has 0 bridgehead atoms. The second kappa shape index (κ2) is 10.7. The number of alkyl carbamates (subject to hydrolysis) is 1. The van der Waals surface area contributed by atoms with Crippen LogP contribution in [0.15, 0.2) is 29.2 Å². The highest BCUT2D eigenvalue weighted by atomic mass is 32.2. The van der Waals surface area contributed by atoms with Crippen LogP contribution in [0.2, 0.25) is 0 Å². The number of amides is 1. The Kier molecular flexibility index (Phi) is 8.68. The molecule has 1 fully saturated rings. The zero-order valence-corrected chi connectivity index (χ0v) is 21.0. The lowest BCUT2D eigenvalue weighted by molar-refractivity contribution is -0.142. The number of hydrogen-bond donors (Lipinski definition) is 2. The number of carbonyl (C=O) groups excluding carboxylic acids is 1. The molecule has 11 heteroatoms. The molecule has 2 rings (SSSR count). The molecule has 1 saturated heterocycles. The van der Waals surface area contributed by atoms with Crippen LogP contribution < -0.4 is 10.1 Å². The minimum absolute atomic E-state index is 0.00329. The molecule has 1 aliphatic heterocycles. The monoisotopic (exact) mass is 498 g/mol. The fourth-order valence-corrected chi connectivity index (χ4v) is 6.24. The molecule has 1 amide bonds. The summed E-state index contributed by atoms with van der Waals surface area (Å²) in [6.45, 7) is 9.03.